The highest BCUT2D eigenvalue weighted by molar-refractivity contribution is 9.10. The molecular formula is C13H14BrNO4. The van der Waals surface area contributed by atoms with Crippen molar-refractivity contribution in [2.45, 2.75) is 6.10 Å². The van der Waals surface area contributed by atoms with E-state index in [2.05, 4.69) is 21.2 Å². The molecule has 2 rings (SSSR count). The molecule has 1 aliphatic heterocycles. The number of aliphatic hydroxyl groups excluding tert-OH is 2. The first kappa shape index (κ1) is 14.0. The van der Waals surface area contributed by atoms with Crippen LogP contribution in [0.2, 0.25) is 0 Å². The molecule has 0 aliphatic carbocycles. The van der Waals surface area contributed by atoms with Crippen LogP contribution in [0.25, 0.3) is 6.08 Å². The number of carbonyl (C=O) groups is 1. The topological polar surface area (TPSA) is 78.8 Å². The van der Waals surface area contributed by atoms with Crippen LogP contribution in [0.3, 0.4) is 0 Å². The first-order valence-corrected chi connectivity index (χ1v) is 6.59. The Labute approximate surface area is 119 Å². The lowest BCUT2D eigenvalue weighted by Crippen LogP contribution is -2.36. The predicted molar refractivity (Wildman–Crippen MR) is 73.7 cm³/mol. The number of aliphatic hydroxyl groups is 2. The molecule has 0 spiro atoms. The zero-order valence-corrected chi connectivity index (χ0v) is 11.7. The second kappa shape index (κ2) is 6.18. The molecule has 5 nitrogen and oxygen atoms in total. The molecule has 1 heterocycles. The Bertz CT molecular complexity index is 515. The van der Waals surface area contributed by atoms with Crippen LogP contribution >= 0.6 is 15.9 Å². The number of benzene rings is 1. The van der Waals surface area contributed by atoms with Crippen LogP contribution in [0, 0.1) is 0 Å². The highest BCUT2D eigenvalue weighted by Gasteiger charge is 2.17. The molecule has 1 aromatic rings. The van der Waals surface area contributed by atoms with E-state index in [9.17, 15) is 9.90 Å². The number of fused-ring (bicyclic) bond motifs is 1. The Morgan fingerprint density at radius 2 is 2.32 bits per heavy atom. The normalized spacial score (nSPS) is 15.0. The molecule has 0 saturated carbocycles. The molecule has 0 aromatic heterocycles. The Morgan fingerprint density at radius 1 is 1.53 bits per heavy atom. The first-order chi connectivity index (χ1) is 9.10. The van der Waals surface area contributed by atoms with Gasteiger partial charge in [-0.1, -0.05) is 15.9 Å². The van der Waals surface area contributed by atoms with Crippen LogP contribution < -0.4 is 10.1 Å². The number of hydrogen-bond acceptors (Lipinski definition) is 4. The summed E-state index contributed by atoms with van der Waals surface area (Å²) in [5.41, 5.74) is 1.31. The van der Waals surface area contributed by atoms with Crippen LogP contribution in [-0.4, -0.2) is 42.0 Å². The zero-order valence-electron chi connectivity index (χ0n) is 10.1. The number of ether oxygens (including phenoxy) is 1. The summed E-state index contributed by atoms with van der Waals surface area (Å²) in [6.07, 6.45) is 0.806. The van der Waals surface area contributed by atoms with Crippen LogP contribution in [0.1, 0.15) is 5.56 Å². The number of halogens is 1. The fourth-order valence-corrected chi connectivity index (χ4v) is 2.05. The van der Waals surface area contributed by atoms with Crippen molar-refractivity contribution in [1.82, 2.24) is 5.32 Å². The van der Waals surface area contributed by atoms with Gasteiger partial charge in [0.25, 0.3) is 5.91 Å². The molecule has 0 fully saturated rings. The van der Waals surface area contributed by atoms with Gasteiger partial charge in [0.1, 0.15) is 12.4 Å². The molecule has 102 valence electrons. The maximum absolute atomic E-state index is 11.8. The van der Waals surface area contributed by atoms with Gasteiger partial charge in [-0.25, -0.2) is 0 Å². The van der Waals surface area contributed by atoms with E-state index in [0.29, 0.717) is 5.57 Å². The molecule has 3 N–H and O–H groups in total. The predicted octanol–water partition coefficient (Wildman–Crippen LogP) is 0.694. The van der Waals surface area contributed by atoms with Crippen molar-refractivity contribution in [2.24, 2.45) is 0 Å². The zero-order chi connectivity index (χ0) is 13.8. The van der Waals surface area contributed by atoms with E-state index in [4.69, 9.17) is 9.84 Å². The molecule has 1 aromatic carbocycles. The van der Waals surface area contributed by atoms with Gasteiger partial charge < -0.3 is 20.3 Å². The SMILES string of the molecule is O=C(NCC(O)CO)C1=Cc2cc(Br)ccc2OC1. The maximum Gasteiger partial charge on any atom is 0.250 e. The summed E-state index contributed by atoms with van der Waals surface area (Å²) >= 11 is 3.36. The van der Waals surface area contributed by atoms with Gasteiger partial charge in [-0.2, -0.15) is 0 Å². The summed E-state index contributed by atoms with van der Waals surface area (Å²) in [6, 6.07) is 5.57. The van der Waals surface area contributed by atoms with Crippen molar-refractivity contribution in [2.75, 3.05) is 19.8 Å². The summed E-state index contributed by atoms with van der Waals surface area (Å²) in [4.78, 5) is 11.8. The Kier molecular flexibility index (Phi) is 4.57. The lowest BCUT2D eigenvalue weighted by Gasteiger charge is -2.18. The third-order valence-electron chi connectivity index (χ3n) is 2.69. The number of hydrogen-bond donors (Lipinski definition) is 3. The quantitative estimate of drug-likeness (QED) is 0.760. The number of amides is 1. The molecule has 1 unspecified atom stereocenters. The fourth-order valence-electron chi connectivity index (χ4n) is 1.67. The molecule has 0 bridgehead atoms. The number of carbonyl (C=O) groups excluding carboxylic acids is 1. The molecule has 1 atom stereocenters. The van der Waals surface area contributed by atoms with Gasteiger partial charge in [0.2, 0.25) is 0 Å². The van der Waals surface area contributed by atoms with Gasteiger partial charge in [0.15, 0.2) is 0 Å². The van der Waals surface area contributed by atoms with Gasteiger partial charge in [0.05, 0.1) is 18.3 Å². The summed E-state index contributed by atoms with van der Waals surface area (Å²) in [5.74, 6) is 0.424. The molecule has 6 heteroatoms. The van der Waals surface area contributed by atoms with Crippen molar-refractivity contribution < 1.29 is 19.7 Å². The van der Waals surface area contributed by atoms with Crippen molar-refractivity contribution in [3.05, 3.63) is 33.8 Å². The Morgan fingerprint density at radius 3 is 3.05 bits per heavy atom. The van der Waals surface area contributed by atoms with Gasteiger partial charge >= 0.3 is 0 Å². The highest BCUT2D eigenvalue weighted by atomic mass is 79.9. The van der Waals surface area contributed by atoms with E-state index in [-0.39, 0.29) is 25.7 Å². The van der Waals surface area contributed by atoms with Gasteiger partial charge in [-0.05, 0) is 24.3 Å². The van der Waals surface area contributed by atoms with Crippen molar-refractivity contribution in [3.63, 3.8) is 0 Å². The van der Waals surface area contributed by atoms with E-state index < -0.39 is 6.10 Å². The van der Waals surface area contributed by atoms with Crippen LogP contribution in [0.5, 0.6) is 5.75 Å². The molecule has 1 amide bonds. The third-order valence-corrected chi connectivity index (χ3v) is 3.18. The summed E-state index contributed by atoms with van der Waals surface area (Å²) in [5, 5.41) is 20.4. The van der Waals surface area contributed by atoms with Crippen LogP contribution in [-0.2, 0) is 4.79 Å². The van der Waals surface area contributed by atoms with E-state index in [1.807, 2.05) is 18.2 Å². The minimum absolute atomic E-state index is 0.0119. The second-order valence-corrected chi connectivity index (χ2v) is 5.10. The molecular weight excluding hydrogens is 314 g/mol. The van der Waals surface area contributed by atoms with Gasteiger partial charge in [0, 0.05) is 16.6 Å². The minimum Gasteiger partial charge on any atom is -0.488 e. The maximum atomic E-state index is 11.8. The summed E-state index contributed by atoms with van der Waals surface area (Å²) in [7, 11) is 0. The average molecular weight is 328 g/mol. The van der Waals surface area contributed by atoms with Crippen LogP contribution in [0.4, 0.5) is 0 Å². The van der Waals surface area contributed by atoms with E-state index in [1.54, 1.807) is 6.08 Å². The summed E-state index contributed by atoms with van der Waals surface area (Å²) in [6.45, 7) is -0.181. The van der Waals surface area contributed by atoms with Gasteiger partial charge in [-0.3, -0.25) is 4.79 Å². The smallest absolute Gasteiger partial charge is 0.250 e. The van der Waals surface area contributed by atoms with Gasteiger partial charge in [-0.15, -0.1) is 0 Å². The lowest BCUT2D eigenvalue weighted by atomic mass is 10.1. The van der Waals surface area contributed by atoms with Crippen molar-refractivity contribution in [1.29, 1.82) is 0 Å². The van der Waals surface area contributed by atoms with E-state index in [1.165, 1.54) is 0 Å². The standard InChI is InChI=1S/C13H14BrNO4/c14-10-1-2-12-8(4-10)3-9(7-19-12)13(18)15-5-11(17)6-16/h1-4,11,16-17H,5-7H2,(H,15,18). The molecule has 19 heavy (non-hydrogen) atoms. The fraction of sp³-hybridized carbons (Fsp3) is 0.308. The van der Waals surface area contributed by atoms with E-state index in [0.717, 1.165) is 15.8 Å². The first-order valence-electron chi connectivity index (χ1n) is 5.80. The van der Waals surface area contributed by atoms with Crippen LogP contribution in [0.15, 0.2) is 28.2 Å². The minimum atomic E-state index is -0.949. The highest BCUT2D eigenvalue weighted by Crippen LogP contribution is 2.29. The molecule has 1 aliphatic rings. The van der Waals surface area contributed by atoms with E-state index >= 15 is 0 Å². The third kappa shape index (κ3) is 3.56. The Balaban J connectivity index is 2.08. The molecule has 0 radical (unpaired) electrons. The Hall–Kier alpha value is -1.37. The number of nitrogens with one attached hydrogen (secondary N) is 1. The van der Waals surface area contributed by atoms with Crippen molar-refractivity contribution in [3.8, 4) is 5.75 Å². The van der Waals surface area contributed by atoms with Crippen molar-refractivity contribution >= 4 is 27.9 Å². The second-order valence-electron chi connectivity index (χ2n) is 4.19. The molecule has 0 saturated heterocycles. The monoisotopic (exact) mass is 327 g/mol. The largest absolute Gasteiger partial charge is 0.488 e. The summed E-state index contributed by atoms with van der Waals surface area (Å²) < 4.78 is 6.39. The lowest BCUT2D eigenvalue weighted by molar-refractivity contribution is -0.118. The number of rotatable bonds is 4. The average Bonchev–Trinajstić information content (AvgIpc) is 2.43.